The van der Waals surface area contributed by atoms with Gasteiger partial charge in [-0.1, -0.05) is 0 Å². The van der Waals surface area contributed by atoms with E-state index in [1.54, 1.807) is 0 Å². The number of aromatic nitrogens is 2. The number of aromatic hydroxyl groups is 3. The van der Waals surface area contributed by atoms with Crippen molar-refractivity contribution >= 4 is 5.69 Å². The van der Waals surface area contributed by atoms with Gasteiger partial charge in [0.25, 0.3) is 0 Å². The van der Waals surface area contributed by atoms with E-state index in [0.29, 0.717) is 12.2 Å². The standard InChI is InChI=1S/C12H15N3O3/c1-14-4-5-15(8-14)3-2-13-9-6-11(17)12(18)7-10(9)16/h4-8,13H,2-3H2,1H3,(H2-,16,17,18)/p+1. The highest BCUT2D eigenvalue weighted by Gasteiger charge is 2.07. The van der Waals surface area contributed by atoms with Gasteiger partial charge in [0.05, 0.1) is 19.3 Å². The van der Waals surface area contributed by atoms with Gasteiger partial charge in [-0.3, -0.25) is 0 Å². The van der Waals surface area contributed by atoms with Crippen molar-refractivity contribution in [1.82, 2.24) is 4.57 Å². The summed E-state index contributed by atoms with van der Waals surface area (Å²) in [7, 11) is 1.94. The molecule has 0 saturated heterocycles. The maximum atomic E-state index is 9.57. The third kappa shape index (κ3) is 2.65. The van der Waals surface area contributed by atoms with Gasteiger partial charge in [0.1, 0.15) is 24.7 Å². The van der Waals surface area contributed by atoms with Crippen molar-refractivity contribution in [2.45, 2.75) is 6.54 Å². The summed E-state index contributed by atoms with van der Waals surface area (Å²) in [5.41, 5.74) is 0.391. The van der Waals surface area contributed by atoms with Crippen molar-refractivity contribution in [2.75, 3.05) is 11.9 Å². The molecule has 1 heterocycles. The summed E-state index contributed by atoms with van der Waals surface area (Å²) in [6.45, 7) is 1.31. The lowest BCUT2D eigenvalue weighted by molar-refractivity contribution is -0.671. The number of nitrogens with one attached hydrogen (secondary N) is 1. The summed E-state index contributed by atoms with van der Waals surface area (Å²) < 4.78 is 3.92. The normalized spacial score (nSPS) is 10.5. The molecule has 1 aromatic heterocycles. The molecule has 0 atom stereocenters. The van der Waals surface area contributed by atoms with Crippen molar-refractivity contribution in [3.63, 3.8) is 0 Å². The number of benzene rings is 1. The molecule has 6 nitrogen and oxygen atoms in total. The first-order valence-corrected chi connectivity index (χ1v) is 5.56. The first kappa shape index (κ1) is 12.1. The maximum absolute atomic E-state index is 9.57. The Bertz CT molecular complexity index is 551. The Morgan fingerprint density at radius 1 is 1.17 bits per heavy atom. The third-order valence-electron chi connectivity index (χ3n) is 2.60. The molecule has 0 radical (unpaired) electrons. The Labute approximate surface area is 104 Å². The number of rotatable bonds is 4. The molecule has 0 amide bonds. The van der Waals surface area contributed by atoms with E-state index in [1.807, 2.05) is 34.9 Å². The minimum atomic E-state index is -0.338. The van der Waals surface area contributed by atoms with Gasteiger partial charge < -0.3 is 20.6 Å². The average molecular weight is 250 g/mol. The van der Waals surface area contributed by atoms with Gasteiger partial charge in [-0.15, -0.1) is 0 Å². The lowest BCUT2D eigenvalue weighted by Crippen LogP contribution is -2.24. The Morgan fingerprint density at radius 2 is 1.89 bits per heavy atom. The fraction of sp³-hybridized carbons (Fsp3) is 0.250. The highest BCUT2D eigenvalue weighted by Crippen LogP contribution is 2.35. The molecule has 0 bridgehead atoms. The molecule has 0 saturated carbocycles. The molecule has 18 heavy (non-hydrogen) atoms. The van der Waals surface area contributed by atoms with Gasteiger partial charge in [-0.05, 0) is 0 Å². The molecule has 2 aromatic rings. The summed E-state index contributed by atoms with van der Waals surface area (Å²) in [5.74, 6) is -0.693. The molecule has 4 N–H and O–H groups in total. The van der Waals surface area contributed by atoms with E-state index in [4.69, 9.17) is 0 Å². The minimum absolute atomic E-state index is 0.0941. The summed E-state index contributed by atoms with van der Waals surface area (Å²) in [6.07, 6.45) is 5.81. The predicted octanol–water partition coefficient (Wildman–Crippen LogP) is 0.541. The fourth-order valence-corrected chi connectivity index (χ4v) is 1.66. The van der Waals surface area contributed by atoms with E-state index in [2.05, 4.69) is 5.32 Å². The number of anilines is 1. The van der Waals surface area contributed by atoms with Crippen LogP contribution in [0.5, 0.6) is 17.2 Å². The highest BCUT2D eigenvalue weighted by atomic mass is 16.3. The number of aryl methyl sites for hydroxylation is 1. The molecule has 96 valence electrons. The van der Waals surface area contributed by atoms with E-state index in [0.717, 1.165) is 12.6 Å². The van der Waals surface area contributed by atoms with Crippen LogP contribution in [0.1, 0.15) is 0 Å². The molecule has 2 rings (SSSR count). The first-order valence-electron chi connectivity index (χ1n) is 5.56. The summed E-state index contributed by atoms with van der Waals surface area (Å²) in [6, 6.07) is 2.40. The van der Waals surface area contributed by atoms with Crippen molar-refractivity contribution in [1.29, 1.82) is 0 Å². The predicted molar refractivity (Wildman–Crippen MR) is 65.5 cm³/mol. The van der Waals surface area contributed by atoms with Crippen LogP contribution in [-0.2, 0) is 13.6 Å². The van der Waals surface area contributed by atoms with Gasteiger partial charge >= 0.3 is 0 Å². The van der Waals surface area contributed by atoms with Gasteiger partial charge in [0.15, 0.2) is 11.5 Å². The van der Waals surface area contributed by atoms with Crippen molar-refractivity contribution < 1.29 is 19.9 Å². The van der Waals surface area contributed by atoms with Crippen LogP contribution in [0.15, 0.2) is 30.9 Å². The van der Waals surface area contributed by atoms with Crippen molar-refractivity contribution in [3.05, 3.63) is 30.9 Å². The molecule has 0 fully saturated rings. The zero-order valence-electron chi connectivity index (χ0n) is 10.0. The minimum Gasteiger partial charge on any atom is -0.506 e. The molecule has 0 spiro atoms. The van der Waals surface area contributed by atoms with Crippen LogP contribution in [-0.4, -0.2) is 26.4 Å². The van der Waals surface area contributed by atoms with E-state index >= 15 is 0 Å². The number of phenols is 3. The van der Waals surface area contributed by atoms with Crippen LogP contribution in [0, 0.1) is 0 Å². The molecule has 0 aliphatic carbocycles. The Hall–Kier alpha value is -2.37. The molecule has 0 aliphatic rings. The quantitative estimate of drug-likeness (QED) is 0.363. The Kier molecular flexibility index (Phi) is 3.27. The van der Waals surface area contributed by atoms with Crippen LogP contribution >= 0.6 is 0 Å². The lowest BCUT2D eigenvalue weighted by atomic mass is 10.2. The molecular weight excluding hydrogens is 234 g/mol. The van der Waals surface area contributed by atoms with Gasteiger partial charge in [0, 0.05) is 12.1 Å². The second-order valence-electron chi connectivity index (χ2n) is 4.10. The summed E-state index contributed by atoms with van der Waals surface area (Å²) >= 11 is 0. The number of imidazole rings is 1. The van der Waals surface area contributed by atoms with E-state index in [1.165, 1.54) is 6.07 Å². The second kappa shape index (κ2) is 4.87. The fourth-order valence-electron chi connectivity index (χ4n) is 1.66. The first-order chi connectivity index (χ1) is 8.56. The average Bonchev–Trinajstić information content (AvgIpc) is 2.71. The smallest absolute Gasteiger partial charge is 0.243 e. The van der Waals surface area contributed by atoms with E-state index < -0.39 is 0 Å². The number of hydrogen-bond acceptors (Lipinski definition) is 4. The number of hydrogen-bond donors (Lipinski definition) is 4. The number of nitrogens with zero attached hydrogens (tertiary/aromatic N) is 2. The zero-order chi connectivity index (χ0) is 13.1. The van der Waals surface area contributed by atoms with Crippen LogP contribution in [0.3, 0.4) is 0 Å². The number of phenolic OH excluding ortho intramolecular Hbond substituents is 3. The molecule has 6 heteroatoms. The highest BCUT2D eigenvalue weighted by molar-refractivity contribution is 5.63. The molecule has 0 aliphatic heterocycles. The zero-order valence-corrected chi connectivity index (χ0v) is 10.0. The Balaban J connectivity index is 1.96. The third-order valence-corrected chi connectivity index (χ3v) is 2.60. The molecular formula is C12H16N3O3+. The lowest BCUT2D eigenvalue weighted by Gasteiger charge is -2.08. The summed E-state index contributed by atoms with van der Waals surface area (Å²) in [5, 5.41) is 31.1. The topological polar surface area (TPSA) is 81.5 Å². The molecule has 1 aromatic carbocycles. The van der Waals surface area contributed by atoms with E-state index in [9.17, 15) is 15.3 Å². The van der Waals surface area contributed by atoms with Gasteiger partial charge in [-0.2, -0.15) is 0 Å². The van der Waals surface area contributed by atoms with Gasteiger partial charge in [0.2, 0.25) is 6.33 Å². The Morgan fingerprint density at radius 3 is 2.56 bits per heavy atom. The van der Waals surface area contributed by atoms with Crippen LogP contribution in [0.25, 0.3) is 0 Å². The molecule has 0 unspecified atom stereocenters. The SMILES string of the molecule is C[n+]1ccn(CCNc2cc(O)c(O)cc2O)c1. The van der Waals surface area contributed by atoms with Crippen LogP contribution in [0.2, 0.25) is 0 Å². The van der Waals surface area contributed by atoms with Crippen LogP contribution in [0.4, 0.5) is 5.69 Å². The van der Waals surface area contributed by atoms with E-state index in [-0.39, 0.29) is 17.2 Å². The van der Waals surface area contributed by atoms with Crippen molar-refractivity contribution in [3.8, 4) is 17.2 Å². The second-order valence-corrected chi connectivity index (χ2v) is 4.10. The summed E-state index contributed by atoms with van der Waals surface area (Å²) in [4.78, 5) is 0. The van der Waals surface area contributed by atoms with Crippen molar-refractivity contribution in [2.24, 2.45) is 7.05 Å². The largest absolute Gasteiger partial charge is 0.506 e. The van der Waals surface area contributed by atoms with Gasteiger partial charge in [-0.25, -0.2) is 9.13 Å². The monoisotopic (exact) mass is 250 g/mol. The maximum Gasteiger partial charge on any atom is 0.243 e. The van der Waals surface area contributed by atoms with Crippen LogP contribution < -0.4 is 9.88 Å².